The lowest BCUT2D eigenvalue weighted by Gasteiger charge is -2.10. The smallest absolute Gasteiger partial charge is 0.337 e. The van der Waals surface area contributed by atoms with Gasteiger partial charge in [0.15, 0.2) is 0 Å². The van der Waals surface area contributed by atoms with E-state index in [1.165, 1.54) is 19.2 Å². The standard InChI is InChI=1S/C15H12BrClFNO2/c1-21-15(20)9-2-3-10(12(16)6-9)8-19-11-4-5-14(18)13(17)7-11/h2-7,19H,8H2,1H3. The van der Waals surface area contributed by atoms with Gasteiger partial charge in [-0.3, -0.25) is 0 Å². The lowest BCUT2D eigenvalue weighted by atomic mass is 10.1. The monoisotopic (exact) mass is 371 g/mol. The Hall–Kier alpha value is -1.59. The molecule has 0 spiro atoms. The van der Waals surface area contributed by atoms with E-state index in [2.05, 4.69) is 26.0 Å². The Kier molecular flexibility index (Phi) is 5.20. The summed E-state index contributed by atoms with van der Waals surface area (Å²) in [6, 6.07) is 9.63. The fourth-order valence-corrected chi connectivity index (χ4v) is 2.44. The molecule has 0 unspecified atom stereocenters. The van der Waals surface area contributed by atoms with Gasteiger partial charge >= 0.3 is 5.97 Å². The van der Waals surface area contributed by atoms with Gasteiger partial charge in [-0.05, 0) is 35.9 Å². The average molecular weight is 373 g/mol. The first-order chi connectivity index (χ1) is 10.0. The molecule has 3 nitrogen and oxygen atoms in total. The normalized spacial score (nSPS) is 10.3. The minimum Gasteiger partial charge on any atom is -0.465 e. The van der Waals surface area contributed by atoms with Crippen molar-refractivity contribution in [1.29, 1.82) is 0 Å². The van der Waals surface area contributed by atoms with Gasteiger partial charge in [0.2, 0.25) is 0 Å². The Bertz CT molecular complexity index is 679. The van der Waals surface area contributed by atoms with Crippen molar-refractivity contribution in [2.45, 2.75) is 6.54 Å². The second kappa shape index (κ2) is 6.91. The first kappa shape index (κ1) is 15.8. The van der Waals surface area contributed by atoms with Crippen LogP contribution in [0.2, 0.25) is 5.02 Å². The Morgan fingerprint density at radius 1 is 1.33 bits per heavy atom. The minimum atomic E-state index is -0.453. The number of carbonyl (C=O) groups excluding carboxylic acids is 1. The molecule has 0 aliphatic rings. The number of rotatable bonds is 4. The SMILES string of the molecule is COC(=O)c1ccc(CNc2ccc(F)c(Cl)c2)c(Br)c1. The van der Waals surface area contributed by atoms with Gasteiger partial charge in [-0.2, -0.15) is 0 Å². The summed E-state index contributed by atoms with van der Waals surface area (Å²) in [5, 5.41) is 3.20. The largest absolute Gasteiger partial charge is 0.465 e. The third kappa shape index (κ3) is 3.95. The van der Waals surface area contributed by atoms with Crippen molar-refractivity contribution < 1.29 is 13.9 Å². The molecule has 110 valence electrons. The minimum absolute atomic E-state index is 0.0695. The zero-order chi connectivity index (χ0) is 15.4. The number of benzene rings is 2. The third-order valence-electron chi connectivity index (χ3n) is 2.88. The quantitative estimate of drug-likeness (QED) is 0.795. The Labute approximate surface area is 135 Å². The van der Waals surface area contributed by atoms with Crippen LogP contribution in [0.4, 0.5) is 10.1 Å². The fourth-order valence-electron chi connectivity index (χ4n) is 1.74. The summed E-state index contributed by atoms with van der Waals surface area (Å²) in [5.74, 6) is -0.841. The highest BCUT2D eigenvalue weighted by molar-refractivity contribution is 9.10. The Morgan fingerprint density at radius 3 is 2.71 bits per heavy atom. The van der Waals surface area contributed by atoms with Gasteiger partial charge in [0, 0.05) is 16.7 Å². The number of ether oxygens (including phenoxy) is 1. The highest BCUT2D eigenvalue weighted by Gasteiger charge is 2.08. The van der Waals surface area contributed by atoms with Gasteiger partial charge in [-0.15, -0.1) is 0 Å². The molecule has 0 radical (unpaired) electrons. The van der Waals surface area contributed by atoms with Gasteiger partial charge in [0.05, 0.1) is 17.7 Å². The molecule has 0 saturated heterocycles. The number of carbonyl (C=O) groups is 1. The Morgan fingerprint density at radius 2 is 2.10 bits per heavy atom. The van der Waals surface area contributed by atoms with Crippen molar-refractivity contribution in [2.75, 3.05) is 12.4 Å². The molecule has 0 saturated carbocycles. The molecule has 2 aromatic rings. The summed E-state index contributed by atoms with van der Waals surface area (Å²) in [6.45, 7) is 0.504. The van der Waals surface area contributed by atoms with Crippen LogP contribution < -0.4 is 5.32 Å². The van der Waals surface area contributed by atoms with E-state index in [0.717, 1.165) is 10.0 Å². The van der Waals surface area contributed by atoms with Crippen LogP contribution in [0.3, 0.4) is 0 Å². The molecule has 1 N–H and O–H groups in total. The summed E-state index contributed by atoms with van der Waals surface area (Å²) >= 11 is 9.13. The van der Waals surface area contributed by atoms with Crippen LogP contribution in [0.15, 0.2) is 40.9 Å². The van der Waals surface area contributed by atoms with E-state index < -0.39 is 5.82 Å². The van der Waals surface area contributed by atoms with Crippen LogP contribution in [-0.2, 0) is 11.3 Å². The van der Waals surface area contributed by atoms with Crippen molar-refractivity contribution >= 4 is 39.2 Å². The van der Waals surface area contributed by atoms with Gasteiger partial charge in [0.1, 0.15) is 5.82 Å². The van der Waals surface area contributed by atoms with Crippen molar-refractivity contribution in [2.24, 2.45) is 0 Å². The molecule has 0 aromatic heterocycles. The summed E-state index contributed by atoms with van der Waals surface area (Å²) in [6.07, 6.45) is 0. The van der Waals surface area contributed by atoms with E-state index in [9.17, 15) is 9.18 Å². The highest BCUT2D eigenvalue weighted by atomic mass is 79.9. The number of nitrogens with one attached hydrogen (secondary N) is 1. The lowest BCUT2D eigenvalue weighted by molar-refractivity contribution is 0.0600. The van der Waals surface area contributed by atoms with E-state index in [-0.39, 0.29) is 11.0 Å². The number of hydrogen-bond acceptors (Lipinski definition) is 3. The molecule has 2 rings (SSSR count). The maximum atomic E-state index is 13.1. The van der Waals surface area contributed by atoms with Crippen LogP contribution in [0.5, 0.6) is 0 Å². The van der Waals surface area contributed by atoms with E-state index in [4.69, 9.17) is 11.6 Å². The van der Waals surface area contributed by atoms with Gasteiger partial charge < -0.3 is 10.1 Å². The summed E-state index contributed by atoms with van der Waals surface area (Å²) in [4.78, 5) is 11.4. The number of hydrogen-bond donors (Lipinski definition) is 1. The van der Waals surface area contributed by atoms with Crippen LogP contribution in [0, 0.1) is 5.82 Å². The topological polar surface area (TPSA) is 38.3 Å². The van der Waals surface area contributed by atoms with Gasteiger partial charge in [-0.1, -0.05) is 33.6 Å². The molecule has 0 aliphatic carbocycles. The molecule has 0 fully saturated rings. The molecular formula is C15H12BrClFNO2. The van der Waals surface area contributed by atoms with Gasteiger partial charge in [-0.25, -0.2) is 9.18 Å². The van der Waals surface area contributed by atoms with Crippen molar-refractivity contribution in [3.8, 4) is 0 Å². The van der Waals surface area contributed by atoms with E-state index in [0.29, 0.717) is 17.8 Å². The summed E-state index contributed by atoms with van der Waals surface area (Å²) in [7, 11) is 1.34. The summed E-state index contributed by atoms with van der Waals surface area (Å²) < 4.78 is 18.5. The number of methoxy groups -OCH3 is 1. The predicted octanol–water partition coefficient (Wildman–Crippen LogP) is 4.64. The molecular weight excluding hydrogens is 361 g/mol. The van der Waals surface area contributed by atoms with Crippen LogP contribution in [-0.4, -0.2) is 13.1 Å². The lowest BCUT2D eigenvalue weighted by Crippen LogP contribution is -2.04. The van der Waals surface area contributed by atoms with Crippen molar-refractivity contribution in [3.05, 3.63) is 62.8 Å². The number of esters is 1. The highest BCUT2D eigenvalue weighted by Crippen LogP contribution is 2.23. The maximum Gasteiger partial charge on any atom is 0.337 e. The molecule has 0 amide bonds. The van der Waals surface area contributed by atoms with Gasteiger partial charge in [0.25, 0.3) is 0 Å². The maximum absolute atomic E-state index is 13.1. The van der Waals surface area contributed by atoms with Crippen LogP contribution in [0.25, 0.3) is 0 Å². The molecule has 0 heterocycles. The third-order valence-corrected chi connectivity index (χ3v) is 3.90. The Balaban J connectivity index is 2.09. The number of anilines is 1. The average Bonchev–Trinajstić information content (AvgIpc) is 2.48. The molecule has 0 atom stereocenters. The fraction of sp³-hybridized carbons (Fsp3) is 0.133. The van der Waals surface area contributed by atoms with Crippen LogP contribution >= 0.6 is 27.5 Å². The first-order valence-electron chi connectivity index (χ1n) is 6.07. The van der Waals surface area contributed by atoms with E-state index in [1.807, 2.05) is 6.07 Å². The van der Waals surface area contributed by atoms with E-state index in [1.54, 1.807) is 18.2 Å². The second-order valence-corrected chi connectivity index (χ2v) is 5.54. The molecule has 6 heteroatoms. The second-order valence-electron chi connectivity index (χ2n) is 4.28. The van der Waals surface area contributed by atoms with Crippen molar-refractivity contribution in [1.82, 2.24) is 0 Å². The first-order valence-corrected chi connectivity index (χ1v) is 7.24. The van der Waals surface area contributed by atoms with E-state index >= 15 is 0 Å². The molecule has 2 aromatic carbocycles. The zero-order valence-electron chi connectivity index (χ0n) is 11.1. The zero-order valence-corrected chi connectivity index (χ0v) is 13.5. The molecule has 0 bridgehead atoms. The van der Waals surface area contributed by atoms with Crippen LogP contribution in [0.1, 0.15) is 15.9 Å². The predicted molar refractivity (Wildman–Crippen MR) is 84.2 cm³/mol. The number of halogens is 3. The summed E-state index contributed by atoms with van der Waals surface area (Å²) in [5.41, 5.74) is 2.13. The van der Waals surface area contributed by atoms with Crippen molar-refractivity contribution in [3.63, 3.8) is 0 Å². The molecule has 0 aliphatic heterocycles. The molecule has 21 heavy (non-hydrogen) atoms.